The van der Waals surface area contributed by atoms with Crippen LogP contribution in [0.1, 0.15) is 12.8 Å². The number of anilines is 1. The fraction of sp³-hybridized carbons (Fsp3) is 0.471. The molecule has 25 heavy (non-hydrogen) atoms. The van der Waals surface area contributed by atoms with Gasteiger partial charge in [-0.3, -0.25) is 19.3 Å². The topological polar surface area (TPSA) is 75.7 Å². The van der Waals surface area contributed by atoms with Gasteiger partial charge in [0.05, 0.1) is 18.9 Å². The predicted octanol–water partition coefficient (Wildman–Crippen LogP) is 2.56. The number of imide groups is 1. The maximum atomic E-state index is 12.5. The summed E-state index contributed by atoms with van der Waals surface area (Å²) in [6.45, 7) is -0.253. The Morgan fingerprint density at radius 3 is 2.12 bits per heavy atom. The molecule has 2 fully saturated rings. The van der Waals surface area contributed by atoms with Gasteiger partial charge in [0.15, 0.2) is 0 Å². The molecule has 1 aromatic carbocycles. The first kappa shape index (κ1) is 18.4. The minimum absolute atomic E-state index is 0.151. The van der Waals surface area contributed by atoms with Crippen LogP contribution in [0.5, 0.6) is 5.75 Å². The van der Waals surface area contributed by atoms with Crippen molar-refractivity contribution >= 4 is 55.3 Å². The Morgan fingerprint density at radius 2 is 1.64 bits per heavy atom. The number of methoxy groups -OCH3 is 1. The summed E-state index contributed by atoms with van der Waals surface area (Å²) in [5.74, 6) is -0.872. The summed E-state index contributed by atoms with van der Waals surface area (Å²) < 4.78 is 5.06. The van der Waals surface area contributed by atoms with Crippen LogP contribution >= 0.6 is 31.9 Å². The Balaban J connectivity index is 1.64. The van der Waals surface area contributed by atoms with E-state index in [-0.39, 0.29) is 39.8 Å². The molecule has 6 nitrogen and oxygen atoms in total. The molecule has 3 rings (SSSR count). The largest absolute Gasteiger partial charge is 0.497 e. The Bertz CT molecular complexity index is 666. The number of carbonyl (C=O) groups excluding carboxylic acids is 3. The van der Waals surface area contributed by atoms with Crippen LogP contribution in [0.2, 0.25) is 0 Å². The maximum Gasteiger partial charge on any atom is 0.244 e. The molecule has 0 aromatic heterocycles. The smallest absolute Gasteiger partial charge is 0.244 e. The summed E-state index contributed by atoms with van der Waals surface area (Å²) in [5.41, 5.74) is 0.586. The molecule has 0 spiro atoms. The van der Waals surface area contributed by atoms with Gasteiger partial charge in [-0.15, -0.1) is 0 Å². The van der Waals surface area contributed by atoms with Crippen molar-refractivity contribution in [2.24, 2.45) is 11.8 Å². The number of halogens is 2. The molecule has 4 atom stereocenters. The van der Waals surface area contributed by atoms with Gasteiger partial charge in [0, 0.05) is 15.3 Å². The third-order valence-corrected chi connectivity index (χ3v) is 7.41. The molecule has 1 aliphatic heterocycles. The van der Waals surface area contributed by atoms with Crippen molar-refractivity contribution in [1.29, 1.82) is 0 Å². The molecule has 2 aliphatic rings. The molecule has 0 bridgehead atoms. The monoisotopic (exact) mass is 472 g/mol. The molecule has 1 N–H and O–H groups in total. The molecular weight excluding hydrogens is 456 g/mol. The summed E-state index contributed by atoms with van der Waals surface area (Å²) >= 11 is 7.09. The van der Waals surface area contributed by atoms with Crippen molar-refractivity contribution in [3.63, 3.8) is 0 Å². The minimum atomic E-state index is -0.392. The van der Waals surface area contributed by atoms with Crippen molar-refractivity contribution in [2.45, 2.75) is 22.5 Å². The highest BCUT2D eigenvalue weighted by Crippen LogP contribution is 2.43. The van der Waals surface area contributed by atoms with Gasteiger partial charge in [-0.2, -0.15) is 0 Å². The van der Waals surface area contributed by atoms with E-state index in [0.29, 0.717) is 24.3 Å². The lowest BCUT2D eigenvalue weighted by Gasteiger charge is -2.29. The van der Waals surface area contributed by atoms with Crippen LogP contribution in [0.25, 0.3) is 0 Å². The van der Waals surface area contributed by atoms with Crippen molar-refractivity contribution in [3.8, 4) is 5.75 Å². The van der Waals surface area contributed by atoms with Crippen molar-refractivity contribution < 1.29 is 19.1 Å². The highest BCUT2D eigenvalue weighted by atomic mass is 79.9. The Labute approximate surface area is 162 Å². The van der Waals surface area contributed by atoms with Crippen molar-refractivity contribution in [2.75, 3.05) is 19.0 Å². The van der Waals surface area contributed by atoms with Crippen LogP contribution < -0.4 is 10.1 Å². The third-order valence-electron chi connectivity index (χ3n) is 4.68. The van der Waals surface area contributed by atoms with Gasteiger partial charge in [-0.25, -0.2) is 0 Å². The zero-order valence-electron chi connectivity index (χ0n) is 13.6. The summed E-state index contributed by atoms with van der Waals surface area (Å²) in [6.07, 6.45) is 1.20. The lowest BCUT2D eigenvalue weighted by molar-refractivity contribution is -0.142. The molecule has 134 valence electrons. The summed E-state index contributed by atoms with van der Waals surface area (Å²) in [5, 5.41) is 2.70. The first-order valence-electron chi connectivity index (χ1n) is 7.98. The number of amides is 3. The molecule has 3 amide bonds. The predicted molar refractivity (Wildman–Crippen MR) is 100.0 cm³/mol. The van der Waals surface area contributed by atoms with Gasteiger partial charge < -0.3 is 10.1 Å². The number of likely N-dealkylation sites (tertiary alicyclic amines) is 1. The number of carbonyl (C=O) groups is 3. The molecule has 0 radical (unpaired) electrons. The Morgan fingerprint density at radius 1 is 1.12 bits per heavy atom. The van der Waals surface area contributed by atoms with Gasteiger partial charge >= 0.3 is 0 Å². The van der Waals surface area contributed by atoms with Gasteiger partial charge in [-0.1, -0.05) is 31.9 Å². The summed E-state index contributed by atoms with van der Waals surface area (Å²) in [4.78, 5) is 38.7. The molecule has 1 aliphatic carbocycles. The van der Waals surface area contributed by atoms with E-state index in [0.717, 1.165) is 4.90 Å². The SMILES string of the molecule is COc1ccc(NC(=O)CN2C(=O)[C@@H]3C[C@H](Br)[C@@H](Br)C[C@H]3C2=O)cc1. The van der Waals surface area contributed by atoms with Crippen molar-refractivity contribution in [1.82, 2.24) is 4.90 Å². The molecular formula is C17H18Br2N2O4. The normalized spacial score (nSPS) is 28.7. The minimum Gasteiger partial charge on any atom is -0.497 e. The van der Waals surface area contributed by atoms with E-state index in [1.807, 2.05) is 0 Å². The maximum absolute atomic E-state index is 12.5. The number of rotatable bonds is 4. The van der Waals surface area contributed by atoms with Crippen LogP contribution in [-0.4, -0.2) is 45.9 Å². The third kappa shape index (κ3) is 3.74. The number of fused-ring (bicyclic) bond motifs is 1. The number of nitrogens with zero attached hydrogens (tertiary/aromatic N) is 1. The molecule has 1 heterocycles. The van der Waals surface area contributed by atoms with Crippen molar-refractivity contribution in [3.05, 3.63) is 24.3 Å². The summed E-state index contributed by atoms with van der Waals surface area (Å²) in [6, 6.07) is 6.86. The van der Waals surface area contributed by atoms with E-state index in [9.17, 15) is 14.4 Å². The van der Waals surface area contributed by atoms with Gasteiger partial charge in [0.25, 0.3) is 0 Å². The van der Waals surface area contributed by atoms with E-state index >= 15 is 0 Å². The first-order chi connectivity index (χ1) is 11.9. The standard InChI is InChI=1S/C17H18Br2N2O4/c1-25-10-4-2-9(3-5-10)20-15(22)8-21-16(23)11-6-13(18)14(19)7-12(11)17(21)24/h2-5,11-14H,6-8H2,1H3,(H,20,22)/t11-,12-,13+,14+/m1/s1. The Kier molecular flexibility index (Phi) is 5.48. The lowest BCUT2D eigenvalue weighted by atomic mass is 9.81. The average Bonchev–Trinajstić information content (AvgIpc) is 2.81. The van der Waals surface area contributed by atoms with Crippen LogP contribution in [-0.2, 0) is 14.4 Å². The number of hydrogen-bond donors (Lipinski definition) is 1. The molecule has 1 saturated carbocycles. The number of nitrogens with one attached hydrogen (secondary N) is 1. The quantitative estimate of drug-likeness (QED) is 0.538. The highest BCUT2D eigenvalue weighted by Gasteiger charge is 2.52. The second-order valence-electron chi connectivity index (χ2n) is 6.26. The first-order valence-corrected chi connectivity index (χ1v) is 9.81. The Hall–Kier alpha value is -1.41. The lowest BCUT2D eigenvalue weighted by Crippen LogP contribution is -2.38. The van der Waals surface area contributed by atoms with Gasteiger partial charge in [0.1, 0.15) is 12.3 Å². The van der Waals surface area contributed by atoms with E-state index < -0.39 is 5.91 Å². The fourth-order valence-electron chi connectivity index (χ4n) is 3.34. The van der Waals surface area contributed by atoms with E-state index in [1.54, 1.807) is 31.4 Å². The second-order valence-corrected chi connectivity index (χ2v) is 8.61. The van der Waals surface area contributed by atoms with Crippen LogP contribution in [0.15, 0.2) is 24.3 Å². The van der Waals surface area contributed by atoms with E-state index in [2.05, 4.69) is 37.2 Å². The van der Waals surface area contributed by atoms with Gasteiger partial charge in [0.2, 0.25) is 17.7 Å². The zero-order chi connectivity index (χ0) is 18.1. The van der Waals surface area contributed by atoms with Gasteiger partial charge in [-0.05, 0) is 37.1 Å². The average molecular weight is 474 g/mol. The highest BCUT2D eigenvalue weighted by molar-refractivity contribution is 9.12. The fourth-order valence-corrected chi connectivity index (χ4v) is 4.58. The zero-order valence-corrected chi connectivity index (χ0v) is 16.7. The second kappa shape index (κ2) is 7.45. The molecule has 0 unspecified atom stereocenters. The van der Waals surface area contributed by atoms with Crippen LogP contribution in [0, 0.1) is 11.8 Å². The number of alkyl halides is 2. The number of hydrogen-bond acceptors (Lipinski definition) is 4. The van der Waals surface area contributed by atoms with Crippen LogP contribution in [0.4, 0.5) is 5.69 Å². The number of benzene rings is 1. The molecule has 1 saturated heterocycles. The summed E-state index contributed by atoms with van der Waals surface area (Å²) in [7, 11) is 1.56. The van der Waals surface area contributed by atoms with E-state index in [1.165, 1.54) is 0 Å². The molecule has 8 heteroatoms. The van der Waals surface area contributed by atoms with Crippen LogP contribution in [0.3, 0.4) is 0 Å². The van der Waals surface area contributed by atoms with E-state index in [4.69, 9.17) is 4.74 Å². The number of ether oxygens (including phenoxy) is 1. The molecule has 1 aromatic rings.